The van der Waals surface area contributed by atoms with E-state index in [-0.39, 0.29) is 12.6 Å². The van der Waals surface area contributed by atoms with Crippen molar-refractivity contribution in [2.24, 2.45) is 11.5 Å². The molecule has 0 saturated carbocycles. The predicted octanol–water partition coefficient (Wildman–Crippen LogP) is -0.188. The first-order valence-electron chi connectivity index (χ1n) is 2.08. The fourth-order valence-corrected chi connectivity index (χ4v) is 0.224. The van der Waals surface area contributed by atoms with Gasteiger partial charge in [-0.25, -0.2) is 0 Å². The van der Waals surface area contributed by atoms with Crippen LogP contribution in [-0.4, -0.2) is 19.2 Å². The van der Waals surface area contributed by atoms with Crippen molar-refractivity contribution in [3.05, 3.63) is 0 Å². The Kier molecular flexibility index (Phi) is 2.51. The number of nitrogens with two attached hydrogens (primary N) is 2. The van der Waals surface area contributed by atoms with E-state index in [9.17, 15) is 4.57 Å². The van der Waals surface area contributed by atoms with Gasteiger partial charge in [-0.05, 0) is 6.66 Å². The van der Waals surface area contributed by atoms with Gasteiger partial charge in [-0.3, -0.25) is 0 Å². The van der Waals surface area contributed by atoms with Gasteiger partial charge in [-0.15, -0.1) is 0 Å². The van der Waals surface area contributed by atoms with Crippen LogP contribution in [0.1, 0.15) is 0 Å². The SMILES string of the molecule is CP(=O)(CN)CN. The van der Waals surface area contributed by atoms with E-state index in [1.54, 1.807) is 6.66 Å². The Balaban J connectivity index is 3.61. The van der Waals surface area contributed by atoms with Crippen LogP contribution in [0.25, 0.3) is 0 Å². The molecule has 0 aromatic carbocycles. The number of hydrogen-bond donors (Lipinski definition) is 2. The Labute approximate surface area is 43.4 Å². The molecule has 0 rings (SSSR count). The molecule has 0 bridgehead atoms. The quantitative estimate of drug-likeness (QED) is 0.499. The summed E-state index contributed by atoms with van der Waals surface area (Å²) in [6, 6.07) is 0. The summed E-state index contributed by atoms with van der Waals surface area (Å²) in [5.74, 6) is 0. The van der Waals surface area contributed by atoms with E-state index in [1.807, 2.05) is 0 Å². The monoisotopic (exact) mass is 122 g/mol. The smallest absolute Gasteiger partial charge is 0.110 e. The zero-order chi connectivity index (χ0) is 5.91. The second-order valence-corrected chi connectivity index (χ2v) is 4.99. The van der Waals surface area contributed by atoms with Crippen molar-refractivity contribution in [1.82, 2.24) is 0 Å². The summed E-state index contributed by atoms with van der Waals surface area (Å²) < 4.78 is 10.7. The van der Waals surface area contributed by atoms with Crippen LogP contribution in [0, 0.1) is 0 Å². The lowest BCUT2D eigenvalue weighted by molar-refractivity contribution is 0.579. The molecule has 44 valence electrons. The van der Waals surface area contributed by atoms with Crippen LogP contribution in [0.4, 0.5) is 0 Å². The van der Waals surface area contributed by atoms with Gasteiger partial charge in [0.15, 0.2) is 0 Å². The molecule has 0 fully saturated rings. The molecule has 0 atom stereocenters. The third-order valence-electron chi connectivity index (χ3n) is 0.772. The molecular weight excluding hydrogens is 111 g/mol. The van der Waals surface area contributed by atoms with Crippen LogP contribution in [0.3, 0.4) is 0 Å². The van der Waals surface area contributed by atoms with E-state index in [1.165, 1.54) is 0 Å². The minimum Gasteiger partial charge on any atom is -0.324 e. The summed E-state index contributed by atoms with van der Waals surface area (Å²) in [7, 11) is -2.10. The van der Waals surface area contributed by atoms with Crippen molar-refractivity contribution >= 4 is 7.14 Å². The number of hydrogen-bond acceptors (Lipinski definition) is 3. The summed E-state index contributed by atoms with van der Waals surface area (Å²) in [5.41, 5.74) is 10.1. The third-order valence-corrected chi connectivity index (χ3v) is 2.32. The normalized spacial score (nSPS) is 11.9. The molecule has 0 aliphatic heterocycles. The fraction of sp³-hybridized carbons (Fsp3) is 1.00. The molecule has 0 saturated heterocycles. The van der Waals surface area contributed by atoms with Gasteiger partial charge in [0.1, 0.15) is 7.14 Å². The first kappa shape index (κ1) is 7.15. The number of rotatable bonds is 2. The molecule has 0 amide bonds. The largest absolute Gasteiger partial charge is 0.324 e. The van der Waals surface area contributed by atoms with Crippen molar-refractivity contribution in [3.8, 4) is 0 Å². The van der Waals surface area contributed by atoms with Crippen molar-refractivity contribution in [2.75, 3.05) is 19.2 Å². The predicted molar refractivity (Wildman–Crippen MR) is 31.6 cm³/mol. The Bertz CT molecular complexity index is 84.9. The highest BCUT2D eigenvalue weighted by Gasteiger charge is 2.06. The van der Waals surface area contributed by atoms with Gasteiger partial charge in [-0.2, -0.15) is 0 Å². The van der Waals surface area contributed by atoms with Crippen LogP contribution in [-0.2, 0) is 4.57 Å². The van der Waals surface area contributed by atoms with Gasteiger partial charge in [-0.1, -0.05) is 0 Å². The van der Waals surface area contributed by atoms with Gasteiger partial charge in [0, 0.05) is 12.6 Å². The molecule has 3 nitrogen and oxygen atoms in total. The van der Waals surface area contributed by atoms with Crippen LogP contribution >= 0.6 is 7.14 Å². The molecule has 0 aromatic rings. The van der Waals surface area contributed by atoms with Gasteiger partial charge < -0.3 is 16.0 Å². The van der Waals surface area contributed by atoms with Crippen LogP contribution in [0.2, 0.25) is 0 Å². The maximum absolute atomic E-state index is 10.7. The molecular formula is C3H11N2OP. The average Bonchev–Trinajstić information content (AvgIpc) is 1.68. The fourth-order valence-electron chi connectivity index (χ4n) is 0.0745. The summed E-state index contributed by atoms with van der Waals surface area (Å²) in [5, 5.41) is 0. The molecule has 0 spiro atoms. The van der Waals surface area contributed by atoms with Crippen LogP contribution in [0.5, 0.6) is 0 Å². The summed E-state index contributed by atoms with van der Waals surface area (Å²) in [4.78, 5) is 0. The summed E-state index contributed by atoms with van der Waals surface area (Å²) >= 11 is 0. The van der Waals surface area contributed by atoms with Gasteiger partial charge >= 0.3 is 0 Å². The van der Waals surface area contributed by atoms with Crippen LogP contribution in [0.15, 0.2) is 0 Å². The van der Waals surface area contributed by atoms with Crippen molar-refractivity contribution in [1.29, 1.82) is 0 Å². The van der Waals surface area contributed by atoms with Crippen molar-refractivity contribution < 1.29 is 4.57 Å². The Morgan fingerprint density at radius 3 is 1.71 bits per heavy atom. The third kappa shape index (κ3) is 2.80. The van der Waals surface area contributed by atoms with Crippen molar-refractivity contribution in [2.45, 2.75) is 0 Å². The first-order valence-corrected chi connectivity index (χ1v) is 4.60. The lowest BCUT2D eigenvalue weighted by Crippen LogP contribution is -2.08. The Morgan fingerprint density at radius 2 is 1.71 bits per heavy atom. The second-order valence-electron chi connectivity index (χ2n) is 1.66. The van der Waals surface area contributed by atoms with Gasteiger partial charge in [0.25, 0.3) is 0 Å². The Hall–Kier alpha value is 0.150. The summed E-state index contributed by atoms with van der Waals surface area (Å²) in [6.45, 7) is 1.60. The molecule has 7 heavy (non-hydrogen) atoms. The van der Waals surface area contributed by atoms with E-state index >= 15 is 0 Å². The van der Waals surface area contributed by atoms with E-state index in [4.69, 9.17) is 11.5 Å². The van der Waals surface area contributed by atoms with E-state index < -0.39 is 7.14 Å². The minimum absolute atomic E-state index is 0.226. The molecule has 4 heteroatoms. The molecule has 0 aliphatic carbocycles. The molecule has 0 unspecified atom stereocenters. The van der Waals surface area contributed by atoms with Gasteiger partial charge in [0.05, 0.1) is 0 Å². The molecule has 4 N–H and O–H groups in total. The zero-order valence-corrected chi connectivity index (χ0v) is 5.32. The van der Waals surface area contributed by atoms with E-state index in [2.05, 4.69) is 0 Å². The minimum atomic E-state index is -2.10. The molecule has 0 radical (unpaired) electrons. The maximum atomic E-state index is 10.7. The molecule has 0 heterocycles. The highest BCUT2D eigenvalue weighted by molar-refractivity contribution is 7.62. The highest BCUT2D eigenvalue weighted by Crippen LogP contribution is 2.35. The standard InChI is InChI=1S/C3H11N2OP/c1-7(6,2-4)3-5/h2-5H2,1H3. The topological polar surface area (TPSA) is 69.1 Å². The average molecular weight is 122 g/mol. The maximum Gasteiger partial charge on any atom is 0.110 e. The van der Waals surface area contributed by atoms with Gasteiger partial charge in [0.2, 0.25) is 0 Å². The van der Waals surface area contributed by atoms with Crippen LogP contribution < -0.4 is 11.5 Å². The molecule has 0 aromatic heterocycles. The van der Waals surface area contributed by atoms with Crippen molar-refractivity contribution in [3.63, 3.8) is 0 Å². The highest BCUT2D eigenvalue weighted by atomic mass is 31.2. The van der Waals surface area contributed by atoms with E-state index in [0.29, 0.717) is 0 Å². The molecule has 0 aliphatic rings. The summed E-state index contributed by atoms with van der Waals surface area (Å²) in [6.07, 6.45) is 0.451. The lowest BCUT2D eigenvalue weighted by Gasteiger charge is -2.02. The first-order chi connectivity index (χ1) is 3.12. The second kappa shape index (κ2) is 2.46. The zero-order valence-electron chi connectivity index (χ0n) is 4.42. The lowest BCUT2D eigenvalue weighted by atomic mass is 11.5. The Morgan fingerprint density at radius 1 is 1.43 bits per heavy atom. The van der Waals surface area contributed by atoms with E-state index in [0.717, 1.165) is 0 Å².